The summed E-state index contributed by atoms with van der Waals surface area (Å²) in [6, 6.07) is 0. The molecule has 0 amide bonds. The average Bonchev–Trinajstić information content (AvgIpc) is 3.14. The van der Waals surface area contributed by atoms with Crippen LogP contribution in [0.25, 0.3) is 0 Å². The summed E-state index contributed by atoms with van der Waals surface area (Å²) >= 11 is 0. The molecule has 0 bridgehead atoms. The van der Waals surface area contributed by atoms with Crippen LogP contribution in [-0.4, -0.2) is 81.6 Å². The smallest absolute Gasteiger partial charge is 0.462 e. The van der Waals surface area contributed by atoms with Gasteiger partial charge >= 0.3 is 27.6 Å². The lowest BCUT2D eigenvalue weighted by molar-refractivity contribution is -0.161. The van der Waals surface area contributed by atoms with Gasteiger partial charge in [0.25, 0.3) is 0 Å². The molecule has 0 radical (unpaired) electrons. The maximum absolute atomic E-state index is 12.6. The number of hydrogen-bond donors (Lipinski definition) is 5. The molecule has 0 spiro atoms. The average molecular weight is 855 g/mol. The second kappa shape index (κ2) is 36.2. The maximum atomic E-state index is 12.6. The molecule has 0 aliphatic carbocycles. The Balaban J connectivity index is 4.59. The third-order valence-electron chi connectivity index (χ3n) is 8.79. The van der Waals surface area contributed by atoms with Gasteiger partial charge in [0.15, 0.2) is 6.10 Å². The van der Waals surface area contributed by atoms with E-state index in [9.17, 15) is 33.8 Å². The Morgan fingerprint density at radius 1 is 0.614 bits per heavy atom. The zero-order valence-electron chi connectivity index (χ0n) is 35.0. The highest BCUT2D eigenvalue weighted by Crippen LogP contribution is 2.43. The van der Waals surface area contributed by atoms with E-state index in [4.69, 9.17) is 23.8 Å². The molecule has 0 heterocycles. The van der Waals surface area contributed by atoms with Gasteiger partial charge in [-0.2, -0.15) is 0 Å². The Morgan fingerprint density at radius 2 is 1.14 bits per heavy atom. The van der Waals surface area contributed by atoms with Crippen LogP contribution in [0.15, 0.2) is 36.5 Å². The number of ether oxygens (including phenoxy) is 2. The third-order valence-corrected chi connectivity index (χ3v) is 10.2. The van der Waals surface area contributed by atoms with Gasteiger partial charge in [0, 0.05) is 12.8 Å². The van der Waals surface area contributed by atoms with E-state index in [0.717, 1.165) is 63.7 Å². The van der Waals surface area contributed by atoms with Gasteiger partial charge in [0.1, 0.15) is 12.7 Å². The quantitative estimate of drug-likeness (QED) is 0.0128. The fourth-order valence-electron chi connectivity index (χ4n) is 5.57. The van der Waals surface area contributed by atoms with Gasteiger partial charge in [-0.25, -0.2) is 9.13 Å². The Labute approximate surface area is 342 Å². The molecule has 2 unspecified atom stereocenters. The van der Waals surface area contributed by atoms with Crippen LogP contribution in [0, 0.1) is 5.92 Å². The van der Waals surface area contributed by atoms with Crippen LogP contribution in [0.5, 0.6) is 0 Å². The van der Waals surface area contributed by atoms with Crippen LogP contribution in [0.4, 0.5) is 0 Å². The van der Waals surface area contributed by atoms with Gasteiger partial charge in [-0.3, -0.25) is 23.2 Å². The normalized spacial score (nSPS) is 15.1. The fourth-order valence-corrected chi connectivity index (χ4v) is 6.72. The molecule has 0 rings (SSSR count). The van der Waals surface area contributed by atoms with E-state index < -0.39 is 72.3 Å². The number of rotatable bonds is 39. The van der Waals surface area contributed by atoms with Gasteiger partial charge in [-0.15, -0.1) is 0 Å². The van der Waals surface area contributed by atoms with Gasteiger partial charge in [0.05, 0.1) is 25.9 Å². The lowest BCUT2D eigenvalue weighted by Gasteiger charge is -2.20. The highest BCUT2D eigenvalue weighted by Gasteiger charge is 2.28. The molecule has 0 aliphatic heterocycles. The standard InChI is InChI=1S/C41H76O14P2/c1-4-5-22-28-37(42)29-24-19-15-11-9-13-16-20-25-30-40(44)51-34-39(35-54-57(49,50)53-33-38(43)32-52-56(46,47)48)55-41(45)31-26-21-17-12-8-6-7-10-14-18-23-27-36(2)3/h5,15,19,22,24,29,36-39,42-43H,4,6-14,16-18,20-21,23,25-28,30-35H2,1-3H3,(H,49,50)(H2,46,47,48)/b19-15+,22-5+,29-24+/t37?,38-,39+/m0/s1. The Bertz CT molecular complexity index is 1190. The number of aliphatic hydroxyl groups excluding tert-OH is 2. The molecule has 14 nitrogen and oxygen atoms in total. The van der Waals surface area contributed by atoms with Crippen LogP contribution in [0.1, 0.15) is 162 Å². The Morgan fingerprint density at radius 3 is 1.72 bits per heavy atom. The molecule has 4 atom stereocenters. The van der Waals surface area contributed by atoms with Crippen LogP contribution in [0.3, 0.4) is 0 Å². The first kappa shape index (κ1) is 55.3. The van der Waals surface area contributed by atoms with Crippen LogP contribution < -0.4 is 0 Å². The van der Waals surface area contributed by atoms with Crippen molar-refractivity contribution in [1.82, 2.24) is 0 Å². The van der Waals surface area contributed by atoms with E-state index >= 15 is 0 Å². The highest BCUT2D eigenvalue weighted by atomic mass is 31.2. The number of carbonyl (C=O) groups is 2. The molecule has 16 heteroatoms. The number of hydrogen-bond acceptors (Lipinski definition) is 11. The molecule has 0 aromatic heterocycles. The number of allylic oxidation sites excluding steroid dienone is 4. The van der Waals surface area contributed by atoms with E-state index in [1.165, 1.54) is 51.4 Å². The summed E-state index contributed by atoms with van der Waals surface area (Å²) in [5.74, 6) is -0.308. The molecule has 0 fully saturated rings. The molecular weight excluding hydrogens is 778 g/mol. The summed E-state index contributed by atoms with van der Waals surface area (Å²) < 4.78 is 47.7. The largest absolute Gasteiger partial charge is 0.472 e. The molecule has 334 valence electrons. The predicted molar refractivity (Wildman–Crippen MR) is 222 cm³/mol. The minimum Gasteiger partial charge on any atom is -0.462 e. The fraction of sp³-hybridized carbons (Fsp3) is 0.805. The van der Waals surface area contributed by atoms with Crippen molar-refractivity contribution in [2.75, 3.05) is 26.4 Å². The second-order valence-electron chi connectivity index (χ2n) is 14.9. The lowest BCUT2D eigenvalue weighted by atomic mass is 10.0. The van der Waals surface area contributed by atoms with Gasteiger partial charge < -0.3 is 34.4 Å². The first-order valence-electron chi connectivity index (χ1n) is 21.1. The first-order valence-corrected chi connectivity index (χ1v) is 24.2. The highest BCUT2D eigenvalue weighted by molar-refractivity contribution is 7.47. The molecule has 57 heavy (non-hydrogen) atoms. The van der Waals surface area contributed by atoms with Crippen molar-refractivity contribution in [3.63, 3.8) is 0 Å². The summed E-state index contributed by atoms with van der Waals surface area (Å²) in [5.41, 5.74) is 0. The van der Waals surface area contributed by atoms with E-state index in [2.05, 4.69) is 35.9 Å². The SMILES string of the molecule is CC/C=C/CC(O)/C=C/C=C/CCCCCCCC(=O)OC[C@H](COP(=O)(O)OC[C@@H](O)COP(=O)(O)O)OC(=O)CCCCCCCCCCCCCC(C)C. The monoisotopic (exact) mass is 854 g/mol. The minimum absolute atomic E-state index is 0.117. The van der Waals surface area contributed by atoms with Crippen molar-refractivity contribution in [1.29, 1.82) is 0 Å². The van der Waals surface area contributed by atoms with E-state index in [0.29, 0.717) is 19.3 Å². The van der Waals surface area contributed by atoms with E-state index in [-0.39, 0.29) is 12.8 Å². The molecular formula is C41H76O14P2. The Kier molecular flexibility index (Phi) is 35.1. The lowest BCUT2D eigenvalue weighted by Crippen LogP contribution is -2.30. The molecule has 0 aromatic carbocycles. The van der Waals surface area contributed by atoms with Crippen LogP contribution >= 0.6 is 15.6 Å². The zero-order valence-corrected chi connectivity index (χ0v) is 36.8. The minimum atomic E-state index is -4.87. The first-order chi connectivity index (χ1) is 27.1. The van der Waals surface area contributed by atoms with Gasteiger partial charge in [-0.1, -0.05) is 147 Å². The van der Waals surface area contributed by atoms with Gasteiger partial charge in [-0.05, 0) is 44.4 Å². The topological polar surface area (TPSA) is 216 Å². The summed E-state index contributed by atoms with van der Waals surface area (Å²) in [4.78, 5) is 52.6. The van der Waals surface area contributed by atoms with Gasteiger partial charge in [0.2, 0.25) is 0 Å². The van der Waals surface area contributed by atoms with Crippen molar-refractivity contribution < 1.29 is 66.7 Å². The van der Waals surface area contributed by atoms with Crippen molar-refractivity contribution in [3.8, 4) is 0 Å². The number of aliphatic hydroxyl groups is 2. The summed E-state index contributed by atoms with van der Waals surface area (Å²) in [6.45, 7) is 3.81. The Hall–Kier alpha value is -1.70. The third kappa shape index (κ3) is 40.8. The molecule has 5 N–H and O–H groups in total. The zero-order chi connectivity index (χ0) is 42.6. The van der Waals surface area contributed by atoms with Crippen molar-refractivity contribution >= 4 is 27.6 Å². The molecule has 0 saturated carbocycles. The van der Waals surface area contributed by atoms with Crippen LogP contribution in [0.2, 0.25) is 0 Å². The van der Waals surface area contributed by atoms with E-state index in [1.54, 1.807) is 6.08 Å². The van der Waals surface area contributed by atoms with Crippen LogP contribution in [-0.2, 0) is 41.8 Å². The molecule has 0 saturated heterocycles. The number of phosphoric ester groups is 2. The van der Waals surface area contributed by atoms with Crippen molar-refractivity contribution in [2.45, 2.75) is 180 Å². The molecule has 0 aromatic rings. The summed E-state index contributed by atoms with van der Waals surface area (Å²) in [5, 5.41) is 19.6. The summed E-state index contributed by atoms with van der Waals surface area (Å²) in [7, 11) is -9.69. The number of phosphoric acid groups is 2. The molecule has 0 aliphatic rings. The number of carbonyl (C=O) groups excluding carboxylic acids is 2. The van der Waals surface area contributed by atoms with E-state index in [1.807, 2.05) is 24.3 Å². The number of unbranched alkanes of at least 4 members (excludes halogenated alkanes) is 15. The number of esters is 2. The predicted octanol–water partition coefficient (Wildman–Crippen LogP) is 9.33. The second-order valence-corrected chi connectivity index (χ2v) is 17.6. The summed E-state index contributed by atoms with van der Waals surface area (Å²) in [6.07, 6.45) is 29.1. The maximum Gasteiger partial charge on any atom is 0.472 e. The van der Waals surface area contributed by atoms with Crippen molar-refractivity contribution in [3.05, 3.63) is 36.5 Å². The van der Waals surface area contributed by atoms with Crippen molar-refractivity contribution in [2.24, 2.45) is 5.92 Å².